The van der Waals surface area contributed by atoms with E-state index in [0.29, 0.717) is 6.42 Å². The molecule has 0 aliphatic rings. The second kappa shape index (κ2) is 12.7. The maximum Gasteiger partial charge on any atom is 0.306 e. The fraction of sp³-hybridized carbons (Fsp3) is 0.900. The third-order valence-electron chi connectivity index (χ3n) is 1.68. The van der Waals surface area contributed by atoms with Crippen LogP contribution < -0.4 is 0 Å². The van der Waals surface area contributed by atoms with Crippen molar-refractivity contribution in [1.82, 2.24) is 0 Å². The first-order chi connectivity index (χ1) is 7.31. The zero-order valence-electron chi connectivity index (χ0n) is 9.17. The van der Waals surface area contributed by atoms with Crippen LogP contribution in [0.15, 0.2) is 0 Å². The van der Waals surface area contributed by atoms with Crippen molar-refractivity contribution in [2.24, 2.45) is 0 Å². The van der Waals surface area contributed by atoms with Gasteiger partial charge in [-0.3, -0.25) is 4.79 Å². The largest absolute Gasteiger partial charge is 0.469 e. The van der Waals surface area contributed by atoms with Crippen LogP contribution in [-0.2, 0) is 9.53 Å². The Morgan fingerprint density at radius 1 is 1.13 bits per heavy atom. The van der Waals surface area contributed by atoms with E-state index in [2.05, 4.69) is 20.7 Å². The van der Waals surface area contributed by atoms with E-state index in [-0.39, 0.29) is 5.97 Å². The van der Waals surface area contributed by atoms with Gasteiger partial charge >= 0.3 is 5.97 Å². The summed E-state index contributed by atoms with van der Waals surface area (Å²) in [6.45, 7) is 0. The van der Waals surface area contributed by atoms with E-state index < -0.39 is 0 Å². The third-order valence-corrected chi connectivity index (χ3v) is 4.46. The van der Waals surface area contributed by atoms with Crippen molar-refractivity contribution >= 4 is 45.4 Å². The molecule has 0 bridgehead atoms. The van der Waals surface area contributed by atoms with Crippen LogP contribution >= 0.6 is 39.5 Å². The smallest absolute Gasteiger partial charge is 0.306 e. The molecule has 0 amide bonds. The van der Waals surface area contributed by atoms with Gasteiger partial charge in [0.25, 0.3) is 0 Å². The number of carbonyl (C=O) groups is 1. The summed E-state index contributed by atoms with van der Waals surface area (Å²) in [5, 5.41) is 1.11. The fourth-order valence-electron chi connectivity index (χ4n) is 0.881. The summed E-state index contributed by atoms with van der Waals surface area (Å²) in [6.07, 6.45) is 3.02. The monoisotopic (exact) mass is 314 g/mol. The van der Waals surface area contributed by atoms with Gasteiger partial charge in [-0.05, 0) is 30.1 Å². The van der Waals surface area contributed by atoms with Gasteiger partial charge in [0.05, 0.1) is 13.5 Å². The summed E-state index contributed by atoms with van der Waals surface area (Å²) in [4.78, 5) is 10.8. The third kappa shape index (κ3) is 12.6. The molecule has 5 heteroatoms. The average molecular weight is 315 g/mol. The first-order valence-electron chi connectivity index (χ1n) is 5.09. The number of thioether (sulfide) groups is 2. The molecular weight excluding hydrogens is 296 g/mol. The molecule has 0 spiro atoms. The first kappa shape index (κ1) is 15.7. The van der Waals surface area contributed by atoms with Gasteiger partial charge in [-0.25, -0.2) is 0 Å². The first-order valence-corrected chi connectivity index (χ1v) is 8.52. The van der Waals surface area contributed by atoms with Gasteiger partial charge in [-0.2, -0.15) is 23.5 Å². The molecule has 0 radical (unpaired) electrons. The lowest BCUT2D eigenvalue weighted by molar-refractivity contribution is -0.140. The normalized spacial score (nSPS) is 10.3. The van der Waals surface area contributed by atoms with E-state index in [0.717, 1.165) is 16.8 Å². The van der Waals surface area contributed by atoms with E-state index in [1.54, 1.807) is 0 Å². The van der Waals surface area contributed by atoms with Crippen molar-refractivity contribution in [2.75, 3.05) is 35.5 Å². The average Bonchev–Trinajstić information content (AvgIpc) is 2.26. The number of alkyl halides is 1. The molecule has 0 heterocycles. The predicted molar refractivity (Wildman–Crippen MR) is 74.3 cm³/mol. The molecule has 0 aliphatic heterocycles. The standard InChI is InChI=1S/C10H19BrO2S2/c1-13-10(12)4-9-15-8-3-7-14-6-2-5-11/h2-9H2,1H3. The van der Waals surface area contributed by atoms with E-state index in [1.807, 2.05) is 23.5 Å². The molecule has 0 rings (SSSR count). The van der Waals surface area contributed by atoms with Crippen LogP contribution in [0.2, 0.25) is 0 Å². The van der Waals surface area contributed by atoms with Crippen molar-refractivity contribution in [3.05, 3.63) is 0 Å². The molecule has 90 valence electrons. The van der Waals surface area contributed by atoms with Crippen molar-refractivity contribution in [3.63, 3.8) is 0 Å². The second-order valence-corrected chi connectivity index (χ2v) is 6.19. The molecule has 0 aromatic rings. The highest BCUT2D eigenvalue weighted by Gasteiger charge is 1.99. The zero-order chi connectivity index (χ0) is 11.4. The minimum atomic E-state index is -0.103. The van der Waals surface area contributed by atoms with Gasteiger partial charge in [0.1, 0.15) is 0 Å². The van der Waals surface area contributed by atoms with Crippen LogP contribution in [0.3, 0.4) is 0 Å². The highest BCUT2D eigenvalue weighted by molar-refractivity contribution is 9.09. The molecule has 0 aliphatic carbocycles. The molecule has 0 fully saturated rings. The highest BCUT2D eigenvalue weighted by atomic mass is 79.9. The van der Waals surface area contributed by atoms with Gasteiger partial charge in [0.2, 0.25) is 0 Å². The Morgan fingerprint density at radius 3 is 2.33 bits per heavy atom. The number of esters is 1. The Kier molecular flexibility index (Phi) is 13.3. The molecule has 0 unspecified atom stereocenters. The van der Waals surface area contributed by atoms with Gasteiger partial charge in [0, 0.05) is 11.1 Å². The minimum Gasteiger partial charge on any atom is -0.469 e. The quantitative estimate of drug-likeness (QED) is 0.351. The number of hydrogen-bond acceptors (Lipinski definition) is 4. The Balaban J connectivity index is 2.95. The van der Waals surface area contributed by atoms with Gasteiger partial charge in [0.15, 0.2) is 0 Å². The Hall–Kier alpha value is 0.650. The van der Waals surface area contributed by atoms with Crippen molar-refractivity contribution in [2.45, 2.75) is 19.3 Å². The number of carbonyl (C=O) groups excluding carboxylic acids is 1. The lowest BCUT2D eigenvalue weighted by atomic mass is 10.5. The molecule has 0 atom stereocenters. The summed E-state index contributed by atoms with van der Waals surface area (Å²) in [6, 6.07) is 0. The van der Waals surface area contributed by atoms with Crippen LogP contribution in [0.25, 0.3) is 0 Å². The SMILES string of the molecule is COC(=O)CCSCCCSCCCBr. The lowest BCUT2D eigenvalue weighted by Crippen LogP contribution is -2.01. The summed E-state index contributed by atoms with van der Waals surface area (Å²) in [5.41, 5.74) is 0. The number of rotatable bonds is 10. The maximum atomic E-state index is 10.8. The molecule has 15 heavy (non-hydrogen) atoms. The van der Waals surface area contributed by atoms with Gasteiger partial charge in [-0.15, -0.1) is 0 Å². The lowest BCUT2D eigenvalue weighted by Gasteiger charge is -2.01. The molecule has 0 N–H and O–H groups in total. The van der Waals surface area contributed by atoms with Crippen molar-refractivity contribution in [3.8, 4) is 0 Å². The minimum absolute atomic E-state index is 0.103. The molecule has 0 aromatic carbocycles. The molecule has 0 saturated heterocycles. The number of hydrogen-bond donors (Lipinski definition) is 0. The molecule has 0 saturated carbocycles. The van der Waals surface area contributed by atoms with E-state index in [1.165, 1.54) is 31.5 Å². The van der Waals surface area contributed by atoms with Crippen LogP contribution in [-0.4, -0.2) is 41.4 Å². The van der Waals surface area contributed by atoms with Gasteiger partial charge in [-0.1, -0.05) is 15.9 Å². The summed E-state index contributed by atoms with van der Waals surface area (Å²) < 4.78 is 4.56. The molecule has 2 nitrogen and oxygen atoms in total. The summed E-state index contributed by atoms with van der Waals surface area (Å²) >= 11 is 7.26. The van der Waals surface area contributed by atoms with Crippen LogP contribution in [0.1, 0.15) is 19.3 Å². The fourth-order valence-corrected chi connectivity index (χ4v) is 3.48. The second-order valence-electron chi connectivity index (χ2n) is 2.95. The number of methoxy groups -OCH3 is 1. The topological polar surface area (TPSA) is 26.3 Å². The van der Waals surface area contributed by atoms with Gasteiger partial charge < -0.3 is 4.74 Å². The van der Waals surface area contributed by atoms with Crippen LogP contribution in [0.5, 0.6) is 0 Å². The zero-order valence-corrected chi connectivity index (χ0v) is 12.4. The Labute approximate surface area is 109 Å². The van der Waals surface area contributed by atoms with Crippen LogP contribution in [0, 0.1) is 0 Å². The van der Waals surface area contributed by atoms with Crippen molar-refractivity contribution in [1.29, 1.82) is 0 Å². The maximum absolute atomic E-state index is 10.8. The van der Waals surface area contributed by atoms with E-state index in [9.17, 15) is 4.79 Å². The van der Waals surface area contributed by atoms with Crippen molar-refractivity contribution < 1.29 is 9.53 Å². The van der Waals surface area contributed by atoms with E-state index >= 15 is 0 Å². The summed E-state index contributed by atoms with van der Waals surface area (Å²) in [5.74, 6) is 4.42. The molecule has 0 aromatic heterocycles. The highest BCUT2D eigenvalue weighted by Crippen LogP contribution is 2.10. The number of ether oxygens (including phenoxy) is 1. The Morgan fingerprint density at radius 2 is 1.73 bits per heavy atom. The Bertz CT molecular complexity index is 156. The van der Waals surface area contributed by atoms with Crippen LogP contribution in [0.4, 0.5) is 0 Å². The summed E-state index contributed by atoms with van der Waals surface area (Å²) in [7, 11) is 1.44. The number of halogens is 1. The molecular formula is C10H19BrO2S2. The predicted octanol–water partition coefficient (Wildman–Crippen LogP) is 3.19. The van der Waals surface area contributed by atoms with E-state index in [4.69, 9.17) is 0 Å².